The normalized spacial score (nSPS) is 9.80. The van der Waals surface area contributed by atoms with Crippen LogP contribution in [0.2, 0.25) is 5.02 Å². The van der Waals surface area contributed by atoms with Crippen LogP contribution in [0.1, 0.15) is 5.56 Å². The van der Waals surface area contributed by atoms with Crippen LogP contribution in [-0.2, 0) is 4.79 Å². The van der Waals surface area contributed by atoms with E-state index in [4.69, 9.17) is 16.9 Å². The largest absolute Gasteiger partial charge is 0.325 e. The number of nitrogens with zero attached hydrogens (tertiary/aromatic N) is 1. The second-order valence-corrected chi connectivity index (χ2v) is 5.41. The number of halogens is 1. The van der Waals surface area contributed by atoms with Crippen LogP contribution in [0, 0.1) is 11.3 Å². The van der Waals surface area contributed by atoms with Crippen molar-refractivity contribution >= 4 is 35.0 Å². The molecule has 0 unspecified atom stereocenters. The first-order chi connectivity index (χ1) is 9.69. The molecule has 0 radical (unpaired) electrons. The van der Waals surface area contributed by atoms with Crippen molar-refractivity contribution in [3.63, 3.8) is 0 Å². The van der Waals surface area contributed by atoms with Gasteiger partial charge in [0.25, 0.3) is 0 Å². The highest BCUT2D eigenvalue weighted by Crippen LogP contribution is 2.21. The first-order valence-electron chi connectivity index (χ1n) is 5.86. The first-order valence-corrected chi connectivity index (χ1v) is 7.23. The van der Waals surface area contributed by atoms with E-state index in [0.29, 0.717) is 22.0 Å². The van der Waals surface area contributed by atoms with Crippen molar-refractivity contribution in [2.24, 2.45) is 0 Å². The Bertz CT molecular complexity index is 653. The third-order valence-corrected chi connectivity index (χ3v) is 3.81. The average molecular weight is 303 g/mol. The number of carbonyl (C=O) groups excluding carboxylic acids is 1. The summed E-state index contributed by atoms with van der Waals surface area (Å²) in [7, 11) is 0. The summed E-state index contributed by atoms with van der Waals surface area (Å²) in [5.41, 5.74) is 0.982. The van der Waals surface area contributed by atoms with E-state index in [9.17, 15) is 4.79 Å². The first kappa shape index (κ1) is 14.4. The van der Waals surface area contributed by atoms with E-state index in [1.807, 2.05) is 36.4 Å². The Morgan fingerprint density at radius 1 is 1.25 bits per heavy atom. The molecule has 0 saturated carbocycles. The van der Waals surface area contributed by atoms with Crippen LogP contribution in [0.5, 0.6) is 0 Å². The zero-order valence-corrected chi connectivity index (χ0v) is 12.0. The van der Waals surface area contributed by atoms with Crippen molar-refractivity contribution in [3.05, 3.63) is 59.1 Å². The van der Waals surface area contributed by atoms with Crippen molar-refractivity contribution in [1.82, 2.24) is 0 Å². The van der Waals surface area contributed by atoms with E-state index in [2.05, 4.69) is 5.32 Å². The van der Waals surface area contributed by atoms with Gasteiger partial charge in [-0.25, -0.2) is 0 Å². The number of hydrogen-bond donors (Lipinski definition) is 1. The molecule has 0 atom stereocenters. The molecular weight excluding hydrogens is 292 g/mol. The standard InChI is InChI=1S/C15H11ClN2OS/c16-14-8-12(7-6-11(14)9-17)18-15(19)10-20-13-4-2-1-3-5-13/h1-8H,10H2,(H,18,19). The summed E-state index contributed by atoms with van der Waals surface area (Å²) in [6.45, 7) is 0. The van der Waals surface area contributed by atoms with Crippen molar-refractivity contribution in [3.8, 4) is 6.07 Å². The van der Waals surface area contributed by atoms with Gasteiger partial charge in [-0.2, -0.15) is 5.26 Å². The average Bonchev–Trinajstić information content (AvgIpc) is 2.46. The molecule has 0 aliphatic rings. The molecule has 0 spiro atoms. The Hall–Kier alpha value is -1.96. The maximum Gasteiger partial charge on any atom is 0.234 e. The molecule has 1 N–H and O–H groups in total. The maximum absolute atomic E-state index is 11.8. The van der Waals surface area contributed by atoms with Gasteiger partial charge in [-0.15, -0.1) is 11.8 Å². The predicted molar refractivity (Wildman–Crippen MR) is 82.0 cm³/mol. The fraction of sp³-hybridized carbons (Fsp3) is 0.0667. The molecule has 20 heavy (non-hydrogen) atoms. The van der Waals surface area contributed by atoms with Crippen molar-refractivity contribution in [2.45, 2.75) is 4.90 Å². The molecule has 1 amide bonds. The molecule has 0 bridgehead atoms. The maximum atomic E-state index is 11.8. The molecule has 2 rings (SSSR count). The van der Waals surface area contributed by atoms with Gasteiger partial charge in [0.05, 0.1) is 16.3 Å². The summed E-state index contributed by atoms with van der Waals surface area (Å²) in [6.07, 6.45) is 0. The van der Waals surface area contributed by atoms with Gasteiger partial charge in [0, 0.05) is 10.6 Å². The summed E-state index contributed by atoms with van der Waals surface area (Å²) in [4.78, 5) is 12.9. The van der Waals surface area contributed by atoms with E-state index in [1.54, 1.807) is 18.2 Å². The summed E-state index contributed by atoms with van der Waals surface area (Å²) in [6, 6.07) is 16.5. The molecule has 0 heterocycles. The Balaban J connectivity index is 1.92. The molecule has 0 aliphatic heterocycles. The summed E-state index contributed by atoms with van der Waals surface area (Å²) < 4.78 is 0. The number of thioether (sulfide) groups is 1. The number of rotatable bonds is 4. The molecule has 100 valence electrons. The lowest BCUT2D eigenvalue weighted by atomic mass is 10.2. The number of nitrogens with one attached hydrogen (secondary N) is 1. The molecule has 0 fully saturated rings. The van der Waals surface area contributed by atoms with E-state index in [0.717, 1.165) is 4.90 Å². The minimum absolute atomic E-state index is 0.111. The van der Waals surface area contributed by atoms with Crippen LogP contribution < -0.4 is 5.32 Å². The van der Waals surface area contributed by atoms with Crippen molar-refractivity contribution in [1.29, 1.82) is 5.26 Å². The molecule has 3 nitrogen and oxygen atoms in total. The number of carbonyl (C=O) groups is 1. The number of anilines is 1. The SMILES string of the molecule is N#Cc1ccc(NC(=O)CSc2ccccc2)cc1Cl. The molecule has 0 aliphatic carbocycles. The molecular formula is C15H11ClN2OS. The van der Waals surface area contributed by atoms with Gasteiger partial charge >= 0.3 is 0 Å². The highest BCUT2D eigenvalue weighted by atomic mass is 35.5. The van der Waals surface area contributed by atoms with E-state index in [-0.39, 0.29) is 5.91 Å². The number of benzene rings is 2. The predicted octanol–water partition coefficient (Wildman–Crippen LogP) is 3.94. The number of nitriles is 1. The lowest BCUT2D eigenvalue weighted by Gasteiger charge is -2.06. The van der Waals surface area contributed by atoms with Crippen LogP contribution in [0.15, 0.2) is 53.4 Å². The minimum Gasteiger partial charge on any atom is -0.325 e. The zero-order chi connectivity index (χ0) is 14.4. The lowest BCUT2D eigenvalue weighted by Crippen LogP contribution is -2.13. The van der Waals surface area contributed by atoms with Gasteiger partial charge in [-0.05, 0) is 30.3 Å². The van der Waals surface area contributed by atoms with Crippen LogP contribution in [0.3, 0.4) is 0 Å². The molecule has 0 saturated heterocycles. The second-order valence-electron chi connectivity index (χ2n) is 3.96. The van der Waals surface area contributed by atoms with Gasteiger partial charge in [-0.3, -0.25) is 4.79 Å². The van der Waals surface area contributed by atoms with Gasteiger partial charge < -0.3 is 5.32 Å². The van der Waals surface area contributed by atoms with Crippen molar-refractivity contribution in [2.75, 3.05) is 11.1 Å². The quantitative estimate of drug-likeness (QED) is 0.870. The third-order valence-electron chi connectivity index (χ3n) is 2.49. The monoisotopic (exact) mass is 302 g/mol. The van der Waals surface area contributed by atoms with E-state index in [1.165, 1.54) is 11.8 Å². The van der Waals surface area contributed by atoms with Crippen molar-refractivity contribution < 1.29 is 4.79 Å². The number of hydrogen-bond acceptors (Lipinski definition) is 3. The third kappa shape index (κ3) is 4.02. The Kier molecular flexibility index (Phi) is 5.05. The van der Waals surface area contributed by atoms with Crippen LogP contribution >= 0.6 is 23.4 Å². The molecule has 2 aromatic carbocycles. The minimum atomic E-state index is -0.111. The Morgan fingerprint density at radius 3 is 2.65 bits per heavy atom. The Morgan fingerprint density at radius 2 is 2.00 bits per heavy atom. The molecule has 2 aromatic rings. The highest BCUT2D eigenvalue weighted by Gasteiger charge is 2.06. The molecule has 0 aromatic heterocycles. The lowest BCUT2D eigenvalue weighted by molar-refractivity contribution is -0.113. The zero-order valence-electron chi connectivity index (χ0n) is 10.5. The van der Waals surface area contributed by atoms with Crippen LogP contribution in [0.25, 0.3) is 0 Å². The van der Waals surface area contributed by atoms with Crippen LogP contribution in [-0.4, -0.2) is 11.7 Å². The molecule has 5 heteroatoms. The van der Waals surface area contributed by atoms with Crippen LogP contribution in [0.4, 0.5) is 5.69 Å². The highest BCUT2D eigenvalue weighted by molar-refractivity contribution is 8.00. The van der Waals surface area contributed by atoms with Gasteiger partial charge in [0.15, 0.2) is 0 Å². The number of amides is 1. The van der Waals surface area contributed by atoms with E-state index >= 15 is 0 Å². The smallest absolute Gasteiger partial charge is 0.234 e. The summed E-state index contributed by atoms with van der Waals surface area (Å²) in [5.74, 6) is 0.210. The summed E-state index contributed by atoms with van der Waals surface area (Å²) in [5, 5.41) is 11.9. The van der Waals surface area contributed by atoms with Gasteiger partial charge in [0.1, 0.15) is 6.07 Å². The summed E-state index contributed by atoms with van der Waals surface area (Å²) >= 11 is 7.37. The van der Waals surface area contributed by atoms with E-state index < -0.39 is 0 Å². The topological polar surface area (TPSA) is 52.9 Å². The van der Waals surface area contributed by atoms with Gasteiger partial charge in [0.2, 0.25) is 5.91 Å². The fourth-order valence-corrected chi connectivity index (χ4v) is 2.49. The Labute approximate surface area is 126 Å². The second kappa shape index (κ2) is 6.99. The fourth-order valence-electron chi connectivity index (χ4n) is 1.55. The van der Waals surface area contributed by atoms with Gasteiger partial charge in [-0.1, -0.05) is 29.8 Å².